The minimum atomic E-state index is -0.00561. The van der Waals surface area contributed by atoms with Crippen LogP contribution in [0.1, 0.15) is 23.3 Å². The van der Waals surface area contributed by atoms with E-state index in [1.54, 1.807) is 23.9 Å². The lowest BCUT2D eigenvalue weighted by Crippen LogP contribution is -2.25. The molecule has 3 rings (SSSR count). The van der Waals surface area contributed by atoms with Crippen molar-refractivity contribution in [3.63, 3.8) is 0 Å². The van der Waals surface area contributed by atoms with Crippen molar-refractivity contribution in [2.75, 3.05) is 0 Å². The molecule has 2 aromatic heterocycles. The standard InChI is InChI=1S/C12H12N4OS/c17-12-2-1-10(14-15-12)11-5-9(7-18-11)6-16-4-3-13-8-16/h3-5,7-8H,1-2,6H2,(H,15,17). The maximum Gasteiger partial charge on any atom is 0.240 e. The summed E-state index contributed by atoms with van der Waals surface area (Å²) >= 11 is 1.66. The minimum Gasteiger partial charge on any atom is -0.333 e. The van der Waals surface area contributed by atoms with E-state index in [1.165, 1.54) is 5.56 Å². The highest BCUT2D eigenvalue weighted by molar-refractivity contribution is 7.12. The van der Waals surface area contributed by atoms with Gasteiger partial charge in [0.25, 0.3) is 0 Å². The van der Waals surface area contributed by atoms with E-state index in [9.17, 15) is 4.79 Å². The largest absolute Gasteiger partial charge is 0.333 e. The van der Waals surface area contributed by atoms with Crippen molar-refractivity contribution in [3.8, 4) is 0 Å². The summed E-state index contributed by atoms with van der Waals surface area (Å²) in [5, 5.41) is 6.22. The second kappa shape index (κ2) is 4.73. The van der Waals surface area contributed by atoms with E-state index in [-0.39, 0.29) is 5.91 Å². The second-order valence-corrected chi connectivity index (χ2v) is 5.06. The molecule has 92 valence electrons. The third kappa shape index (κ3) is 2.33. The fourth-order valence-corrected chi connectivity index (χ4v) is 2.78. The summed E-state index contributed by atoms with van der Waals surface area (Å²) in [5.41, 5.74) is 4.72. The Morgan fingerprint density at radius 2 is 2.39 bits per heavy atom. The third-order valence-electron chi connectivity index (χ3n) is 2.77. The molecule has 3 heterocycles. The van der Waals surface area contributed by atoms with E-state index < -0.39 is 0 Å². The fourth-order valence-electron chi connectivity index (χ4n) is 1.85. The number of rotatable bonds is 3. The smallest absolute Gasteiger partial charge is 0.240 e. The van der Waals surface area contributed by atoms with Gasteiger partial charge in [-0.2, -0.15) is 5.10 Å². The summed E-state index contributed by atoms with van der Waals surface area (Å²) in [5.74, 6) is -0.00561. The first-order valence-electron chi connectivity index (χ1n) is 5.70. The van der Waals surface area contributed by atoms with Crippen LogP contribution in [0.25, 0.3) is 0 Å². The molecule has 0 unspecified atom stereocenters. The van der Waals surface area contributed by atoms with Crippen molar-refractivity contribution in [3.05, 3.63) is 40.6 Å². The summed E-state index contributed by atoms with van der Waals surface area (Å²) in [6.07, 6.45) is 6.75. The molecule has 0 saturated heterocycles. The number of nitrogens with one attached hydrogen (secondary N) is 1. The molecule has 18 heavy (non-hydrogen) atoms. The first kappa shape index (κ1) is 11.2. The van der Waals surface area contributed by atoms with Gasteiger partial charge in [-0.3, -0.25) is 4.79 Å². The second-order valence-electron chi connectivity index (χ2n) is 4.15. The molecule has 1 aliphatic rings. The average molecular weight is 260 g/mol. The van der Waals surface area contributed by atoms with E-state index in [0.717, 1.165) is 23.6 Å². The van der Waals surface area contributed by atoms with Crippen molar-refractivity contribution in [2.24, 2.45) is 5.10 Å². The molecular formula is C12H12N4OS. The number of thiophene rings is 1. The molecule has 0 saturated carbocycles. The summed E-state index contributed by atoms with van der Waals surface area (Å²) in [7, 11) is 0. The predicted molar refractivity (Wildman–Crippen MR) is 69.6 cm³/mol. The highest BCUT2D eigenvalue weighted by Gasteiger charge is 2.14. The van der Waals surface area contributed by atoms with Crippen molar-refractivity contribution in [2.45, 2.75) is 19.4 Å². The maximum atomic E-state index is 11.0. The molecule has 0 aliphatic carbocycles. The number of nitrogens with zero attached hydrogens (tertiary/aromatic N) is 3. The van der Waals surface area contributed by atoms with Gasteiger partial charge in [0.05, 0.1) is 16.9 Å². The molecule has 6 heteroatoms. The molecule has 0 radical (unpaired) electrons. The van der Waals surface area contributed by atoms with Gasteiger partial charge in [-0.05, 0) is 17.0 Å². The van der Waals surface area contributed by atoms with E-state index in [1.807, 2.05) is 10.8 Å². The molecule has 1 amide bonds. The summed E-state index contributed by atoms with van der Waals surface area (Å²) < 4.78 is 2.02. The van der Waals surface area contributed by atoms with Gasteiger partial charge >= 0.3 is 0 Å². The topological polar surface area (TPSA) is 59.3 Å². The lowest BCUT2D eigenvalue weighted by molar-refractivity contribution is -0.121. The van der Waals surface area contributed by atoms with E-state index in [4.69, 9.17) is 0 Å². The molecule has 0 aromatic carbocycles. The molecule has 0 fully saturated rings. The van der Waals surface area contributed by atoms with Gasteiger partial charge < -0.3 is 4.57 Å². The van der Waals surface area contributed by atoms with Gasteiger partial charge in [0, 0.05) is 31.8 Å². The van der Waals surface area contributed by atoms with E-state index in [2.05, 4.69) is 27.0 Å². The number of carbonyl (C=O) groups is 1. The Hall–Kier alpha value is -1.95. The van der Waals surface area contributed by atoms with Gasteiger partial charge in [-0.25, -0.2) is 10.4 Å². The normalized spacial score (nSPS) is 15.3. The monoisotopic (exact) mass is 260 g/mol. The van der Waals surface area contributed by atoms with E-state index in [0.29, 0.717) is 6.42 Å². The molecule has 0 spiro atoms. The van der Waals surface area contributed by atoms with Crippen LogP contribution >= 0.6 is 11.3 Å². The quantitative estimate of drug-likeness (QED) is 0.911. The predicted octanol–water partition coefficient (Wildman–Crippen LogP) is 1.61. The molecule has 0 atom stereocenters. The van der Waals surface area contributed by atoms with E-state index >= 15 is 0 Å². The lowest BCUT2D eigenvalue weighted by atomic mass is 10.1. The highest BCUT2D eigenvalue weighted by Crippen LogP contribution is 2.19. The Labute approximate surface area is 108 Å². The molecular weight excluding hydrogens is 248 g/mol. The van der Waals surface area contributed by atoms with Crippen molar-refractivity contribution < 1.29 is 4.79 Å². The van der Waals surface area contributed by atoms with Crippen molar-refractivity contribution in [1.82, 2.24) is 15.0 Å². The maximum absolute atomic E-state index is 11.0. The zero-order chi connectivity index (χ0) is 12.4. The van der Waals surface area contributed by atoms with Crippen molar-refractivity contribution >= 4 is 23.0 Å². The molecule has 5 nitrogen and oxygen atoms in total. The summed E-state index contributed by atoms with van der Waals surface area (Å²) in [6, 6.07) is 2.13. The minimum absolute atomic E-state index is 0.00561. The molecule has 0 bridgehead atoms. The van der Waals surface area contributed by atoms with Crippen LogP contribution in [0.3, 0.4) is 0 Å². The van der Waals surface area contributed by atoms with Crippen LogP contribution in [-0.2, 0) is 11.3 Å². The van der Waals surface area contributed by atoms with Crippen LogP contribution in [0.5, 0.6) is 0 Å². The number of hydrazone groups is 1. The zero-order valence-corrected chi connectivity index (χ0v) is 10.5. The molecule has 1 aliphatic heterocycles. The van der Waals surface area contributed by atoms with Crippen LogP contribution in [-0.4, -0.2) is 21.2 Å². The van der Waals surface area contributed by atoms with Gasteiger partial charge in [-0.15, -0.1) is 11.3 Å². The third-order valence-corrected chi connectivity index (χ3v) is 3.79. The van der Waals surface area contributed by atoms with Crippen LogP contribution < -0.4 is 5.43 Å². The average Bonchev–Trinajstić information content (AvgIpc) is 3.02. The summed E-state index contributed by atoms with van der Waals surface area (Å²) in [4.78, 5) is 16.2. The fraction of sp³-hybridized carbons (Fsp3) is 0.250. The first-order valence-corrected chi connectivity index (χ1v) is 6.58. The Morgan fingerprint density at radius 3 is 3.11 bits per heavy atom. The first-order chi connectivity index (χ1) is 8.81. The molecule has 2 aromatic rings. The number of amides is 1. The molecule has 1 N–H and O–H groups in total. The Morgan fingerprint density at radius 1 is 1.44 bits per heavy atom. The Balaban J connectivity index is 1.75. The lowest BCUT2D eigenvalue weighted by Gasteiger charge is -2.09. The number of carbonyl (C=O) groups excluding carboxylic acids is 1. The van der Waals surface area contributed by atoms with Crippen LogP contribution in [0.2, 0.25) is 0 Å². The Kier molecular flexibility index (Phi) is 2.93. The number of aromatic nitrogens is 2. The van der Waals surface area contributed by atoms with Gasteiger partial charge in [0.15, 0.2) is 0 Å². The number of hydrogen-bond donors (Lipinski definition) is 1. The van der Waals surface area contributed by atoms with Gasteiger partial charge in [-0.1, -0.05) is 0 Å². The van der Waals surface area contributed by atoms with Crippen LogP contribution in [0.4, 0.5) is 0 Å². The van der Waals surface area contributed by atoms with Crippen LogP contribution in [0, 0.1) is 0 Å². The van der Waals surface area contributed by atoms with Crippen molar-refractivity contribution in [1.29, 1.82) is 0 Å². The number of imidazole rings is 1. The Bertz CT molecular complexity index is 585. The highest BCUT2D eigenvalue weighted by atomic mass is 32.1. The summed E-state index contributed by atoms with van der Waals surface area (Å²) in [6.45, 7) is 0.816. The number of hydrogen-bond acceptors (Lipinski definition) is 4. The zero-order valence-electron chi connectivity index (χ0n) is 9.67. The van der Waals surface area contributed by atoms with Gasteiger partial charge in [0.2, 0.25) is 5.91 Å². The van der Waals surface area contributed by atoms with Gasteiger partial charge in [0.1, 0.15) is 0 Å². The SMILES string of the molecule is O=C1CCC(c2cc(Cn3ccnc3)cs2)=NN1. The van der Waals surface area contributed by atoms with Crippen LogP contribution in [0.15, 0.2) is 35.3 Å².